The number of phenols is 1. The predicted octanol–water partition coefficient (Wildman–Crippen LogP) is 2.48. The lowest BCUT2D eigenvalue weighted by Gasteiger charge is -2.05. The molecule has 0 saturated heterocycles. The molecule has 2 aromatic carbocycles. The lowest BCUT2D eigenvalue weighted by molar-refractivity contribution is 0.373. The number of aromatic nitrogens is 3. The number of para-hydroxylation sites is 1. The summed E-state index contributed by atoms with van der Waals surface area (Å²) in [7, 11) is 3.04. The first-order valence-corrected chi connectivity index (χ1v) is 8.10. The van der Waals surface area contributed by atoms with Crippen LogP contribution in [0.3, 0.4) is 0 Å². The third-order valence-electron chi connectivity index (χ3n) is 4.27. The number of aromatic amines is 1. The van der Waals surface area contributed by atoms with Gasteiger partial charge < -0.3 is 19.6 Å². The zero-order valence-electron chi connectivity index (χ0n) is 14.6. The number of nitrogens with one attached hydrogen (secondary N) is 1. The molecular weight excluding hydrogens is 348 g/mol. The monoisotopic (exact) mass is 364 g/mol. The van der Waals surface area contributed by atoms with Crippen molar-refractivity contribution in [3.05, 3.63) is 58.6 Å². The summed E-state index contributed by atoms with van der Waals surface area (Å²) in [6.45, 7) is 0. The summed E-state index contributed by atoms with van der Waals surface area (Å²) >= 11 is 0. The van der Waals surface area contributed by atoms with E-state index in [0.29, 0.717) is 28.1 Å². The Morgan fingerprint density at radius 2 is 2.07 bits per heavy atom. The summed E-state index contributed by atoms with van der Waals surface area (Å²) in [5.74, 6) is 0.953. The number of fused-ring (bicyclic) bond motifs is 3. The predicted molar refractivity (Wildman–Crippen MR) is 102 cm³/mol. The standard InChI is InChI=1S/C19H16N4O4/c1-26-12-6-7-14-13(8-12)16-17(22-14)19(25)23(10-20-16)21-9-11-4-3-5-15(27-2)18(11)24/h3-10,22,24H,1-2H3/b21-9-. The second-order valence-corrected chi connectivity index (χ2v) is 5.80. The molecule has 0 unspecified atom stereocenters. The van der Waals surface area contributed by atoms with Gasteiger partial charge in [-0.1, -0.05) is 6.07 Å². The third kappa shape index (κ3) is 2.77. The molecule has 2 N–H and O–H groups in total. The number of ether oxygens (including phenoxy) is 2. The molecule has 0 aliphatic heterocycles. The van der Waals surface area contributed by atoms with Gasteiger partial charge in [-0.05, 0) is 30.3 Å². The van der Waals surface area contributed by atoms with Gasteiger partial charge >= 0.3 is 0 Å². The quantitative estimate of drug-likeness (QED) is 0.542. The minimum atomic E-state index is -0.353. The smallest absolute Gasteiger partial charge is 0.298 e. The number of nitrogens with zero attached hydrogens (tertiary/aromatic N) is 3. The summed E-state index contributed by atoms with van der Waals surface area (Å²) in [5, 5.41) is 15.0. The summed E-state index contributed by atoms with van der Waals surface area (Å²) in [5.41, 5.74) is 1.73. The van der Waals surface area contributed by atoms with Gasteiger partial charge in [-0.15, -0.1) is 0 Å². The highest BCUT2D eigenvalue weighted by Crippen LogP contribution is 2.28. The van der Waals surface area contributed by atoms with Crippen molar-refractivity contribution >= 4 is 28.2 Å². The van der Waals surface area contributed by atoms with Crippen LogP contribution in [0.15, 0.2) is 52.6 Å². The van der Waals surface area contributed by atoms with Gasteiger partial charge in [0, 0.05) is 16.5 Å². The molecule has 0 aliphatic rings. The molecule has 2 heterocycles. The molecule has 27 heavy (non-hydrogen) atoms. The first-order valence-electron chi connectivity index (χ1n) is 8.10. The maximum atomic E-state index is 12.7. The second-order valence-electron chi connectivity index (χ2n) is 5.80. The van der Waals surface area contributed by atoms with Crippen LogP contribution in [0.25, 0.3) is 21.9 Å². The van der Waals surface area contributed by atoms with Gasteiger partial charge in [-0.2, -0.15) is 9.78 Å². The average Bonchev–Trinajstić information content (AvgIpc) is 3.07. The number of phenolic OH excluding ortho intramolecular Hbond substituents is 1. The number of H-pyrrole nitrogens is 1. The van der Waals surface area contributed by atoms with Crippen LogP contribution < -0.4 is 15.0 Å². The lowest BCUT2D eigenvalue weighted by atomic mass is 10.2. The van der Waals surface area contributed by atoms with Crippen LogP contribution in [0.2, 0.25) is 0 Å². The van der Waals surface area contributed by atoms with Gasteiger partial charge in [0.05, 0.1) is 20.4 Å². The van der Waals surface area contributed by atoms with E-state index in [2.05, 4.69) is 15.1 Å². The van der Waals surface area contributed by atoms with E-state index in [1.165, 1.54) is 19.7 Å². The fourth-order valence-corrected chi connectivity index (χ4v) is 2.87. The third-order valence-corrected chi connectivity index (χ3v) is 4.27. The molecule has 8 heteroatoms. The maximum absolute atomic E-state index is 12.7. The number of aromatic hydroxyl groups is 1. The summed E-state index contributed by atoms with van der Waals surface area (Å²) in [6, 6.07) is 10.5. The van der Waals surface area contributed by atoms with Gasteiger partial charge in [0.15, 0.2) is 11.5 Å². The highest BCUT2D eigenvalue weighted by atomic mass is 16.5. The second kappa shape index (κ2) is 6.49. The van der Waals surface area contributed by atoms with Crippen molar-refractivity contribution in [1.82, 2.24) is 14.6 Å². The Morgan fingerprint density at radius 1 is 1.22 bits per heavy atom. The van der Waals surface area contributed by atoms with Crippen LogP contribution in [0, 0.1) is 0 Å². The number of hydrogen-bond donors (Lipinski definition) is 2. The average molecular weight is 364 g/mol. The number of hydrogen-bond acceptors (Lipinski definition) is 6. The SMILES string of the molecule is COc1ccc2[nH]c3c(=O)n(/N=C\c4cccc(OC)c4O)cnc3c2c1. The Bertz CT molecular complexity index is 1240. The van der Waals surface area contributed by atoms with Gasteiger partial charge in [0.25, 0.3) is 5.56 Å². The Morgan fingerprint density at radius 3 is 2.85 bits per heavy atom. The van der Waals surface area contributed by atoms with E-state index in [-0.39, 0.29) is 11.3 Å². The van der Waals surface area contributed by atoms with Gasteiger partial charge in [0.1, 0.15) is 23.1 Å². The fourth-order valence-electron chi connectivity index (χ4n) is 2.87. The topological polar surface area (TPSA) is 102 Å². The van der Waals surface area contributed by atoms with Crippen LogP contribution in [-0.2, 0) is 0 Å². The normalized spacial score (nSPS) is 11.5. The number of methoxy groups -OCH3 is 2. The first-order chi connectivity index (χ1) is 13.1. The molecular formula is C19H16N4O4. The Hall–Kier alpha value is -3.81. The van der Waals surface area contributed by atoms with E-state index in [9.17, 15) is 9.90 Å². The summed E-state index contributed by atoms with van der Waals surface area (Å²) < 4.78 is 11.4. The molecule has 2 aromatic heterocycles. The number of benzene rings is 2. The molecule has 0 amide bonds. The summed E-state index contributed by atoms with van der Waals surface area (Å²) in [4.78, 5) is 20.2. The van der Waals surface area contributed by atoms with Gasteiger partial charge in [-0.25, -0.2) is 4.98 Å². The molecule has 136 valence electrons. The lowest BCUT2D eigenvalue weighted by Crippen LogP contribution is -2.17. The molecule has 0 radical (unpaired) electrons. The van der Waals surface area contributed by atoms with Gasteiger partial charge in [-0.3, -0.25) is 4.79 Å². The van der Waals surface area contributed by atoms with E-state index >= 15 is 0 Å². The minimum absolute atomic E-state index is 0.0523. The summed E-state index contributed by atoms with van der Waals surface area (Å²) in [6.07, 6.45) is 2.71. The highest BCUT2D eigenvalue weighted by molar-refractivity contribution is 6.04. The van der Waals surface area contributed by atoms with E-state index < -0.39 is 0 Å². The number of rotatable bonds is 4. The van der Waals surface area contributed by atoms with Crippen LogP contribution in [0.4, 0.5) is 0 Å². The van der Waals surface area contributed by atoms with Crippen molar-refractivity contribution in [3.8, 4) is 17.2 Å². The molecule has 0 saturated carbocycles. The van der Waals surface area contributed by atoms with Crippen LogP contribution >= 0.6 is 0 Å². The fraction of sp³-hybridized carbons (Fsp3) is 0.105. The van der Waals surface area contributed by atoms with E-state index in [4.69, 9.17) is 9.47 Å². The first kappa shape index (κ1) is 16.6. The molecule has 8 nitrogen and oxygen atoms in total. The largest absolute Gasteiger partial charge is 0.504 e. The van der Waals surface area contributed by atoms with Crippen LogP contribution in [0.1, 0.15) is 5.56 Å². The van der Waals surface area contributed by atoms with Crippen LogP contribution in [0.5, 0.6) is 17.2 Å². The molecule has 0 bridgehead atoms. The van der Waals surface area contributed by atoms with Crippen molar-refractivity contribution in [2.24, 2.45) is 5.10 Å². The molecule has 0 aliphatic carbocycles. The van der Waals surface area contributed by atoms with Crippen molar-refractivity contribution in [3.63, 3.8) is 0 Å². The van der Waals surface area contributed by atoms with Crippen LogP contribution in [-0.4, -0.2) is 40.2 Å². The minimum Gasteiger partial charge on any atom is -0.504 e. The maximum Gasteiger partial charge on any atom is 0.298 e. The zero-order chi connectivity index (χ0) is 19.0. The molecule has 0 fully saturated rings. The molecule has 0 atom stereocenters. The zero-order valence-corrected chi connectivity index (χ0v) is 14.6. The Labute approximate surface area is 153 Å². The van der Waals surface area contributed by atoms with Crippen molar-refractivity contribution < 1.29 is 14.6 Å². The van der Waals surface area contributed by atoms with E-state index in [1.54, 1.807) is 31.4 Å². The molecule has 0 spiro atoms. The molecule has 4 aromatic rings. The van der Waals surface area contributed by atoms with Gasteiger partial charge in [0.2, 0.25) is 0 Å². The molecule has 4 rings (SSSR count). The van der Waals surface area contributed by atoms with Crippen molar-refractivity contribution in [2.75, 3.05) is 14.2 Å². The Kier molecular flexibility index (Phi) is 4.00. The van der Waals surface area contributed by atoms with Crippen molar-refractivity contribution in [2.45, 2.75) is 0 Å². The van der Waals surface area contributed by atoms with Crippen molar-refractivity contribution in [1.29, 1.82) is 0 Å². The van der Waals surface area contributed by atoms with E-state index in [0.717, 1.165) is 15.6 Å². The highest BCUT2D eigenvalue weighted by Gasteiger charge is 2.12. The Balaban J connectivity index is 1.80. The van der Waals surface area contributed by atoms with E-state index in [1.807, 2.05) is 12.1 Å².